The lowest BCUT2D eigenvalue weighted by atomic mass is 9.88. The average molecular weight is 208 g/mol. The summed E-state index contributed by atoms with van der Waals surface area (Å²) in [6, 6.07) is 8.81. The van der Waals surface area contributed by atoms with E-state index in [2.05, 4.69) is 0 Å². The third kappa shape index (κ3) is 2.34. The highest BCUT2D eigenvalue weighted by molar-refractivity contribution is 5.85. The second-order valence-electron chi connectivity index (χ2n) is 3.45. The van der Waals surface area contributed by atoms with Crippen LogP contribution in [0.2, 0.25) is 0 Å². The van der Waals surface area contributed by atoms with E-state index in [4.69, 9.17) is 5.84 Å². The molecule has 1 atom stereocenters. The highest BCUT2D eigenvalue weighted by Crippen LogP contribution is 2.26. The molecule has 0 heterocycles. The van der Waals surface area contributed by atoms with Crippen molar-refractivity contribution >= 4 is 5.91 Å². The molecule has 0 aliphatic rings. The predicted molar refractivity (Wildman–Crippen MR) is 57.6 cm³/mol. The Morgan fingerprint density at radius 1 is 1.47 bits per heavy atom. The molecule has 0 aromatic heterocycles. The number of amides is 1. The van der Waals surface area contributed by atoms with Crippen LogP contribution in [0, 0.1) is 0 Å². The zero-order chi connectivity index (χ0) is 11.3. The van der Waals surface area contributed by atoms with Crippen molar-refractivity contribution in [3.8, 4) is 0 Å². The molecule has 15 heavy (non-hydrogen) atoms. The van der Waals surface area contributed by atoms with Crippen molar-refractivity contribution in [3.63, 3.8) is 0 Å². The number of nitrogens with two attached hydrogens (primary N) is 1. The van der Waals surface area contributed by atoms with Crippen molar-refractivity contribution in [2.45, 2.75) is 25.4 Å². The lowest BCUT2D eigenvalue weighted by Crippen LogP contribution is -2.47. The molecule has 4 heteroatoms. The molecule has 4 nitrogen and oxygen atoms in total. The summed E-state index contributed by atoms with van der Waals surface area (Å²) < 4.78 is 0. The summed E-state index contributed by atoms with van der Waals surface area (Å²) >= 11 is 0. The quantitative estimate of drug-likeness (QED) is 0.386. The Bertz CT molecular complexity index is 327. The van der Waals surface area contributed by atoms with E-state index in [1.54, 1.807) is 24.3 Å². The standard InChI is InChI=1S/C11H16N2O2/c1-2-8-11(15,10(14)13-12)9-6-4-3-5-7-9/h3-7,15H,2,8,12H2,1H3,(H,13,14)/t11-/m0/s1. The number of carbonyl (C=O) groups is 1. The summed E-state index contributed by atoms with van der Waals surface area (Å²) in [5.41, 5.74) is 1.04. The fourth-order valence-electron chi connectivity index (χ4n) is 1.58. The van der Waals surface area contributed by atoms with Gasteiger partial charge >= 0.3 is 0 Å². The Kier molecular flexibility index (Phi) is 3.82. The zero-order valence-corrected chi connectivity index (χ0v) is 8.73. The Morgan fingerprint density at radius 3 is 2.53 bits per heavy atom. The molecular formula is C11H16N2O2. The molecular weight excluding hydrogens is 192 g/mol. The van der Waals surface area contributed by atoms with Crippen LogP contribution in [-0.2, 0) is 10.4 Å². The van der Waals surface area contributed by atoms with Crippen LogP contribution in [0.4, 0.5) is 0 Å². The first-order chi connectivity index (χ1) is 7.15. The summed E-state index contributed by atoms with van der Waals surface area (Å²) in [5, 5.41) is 10.3. The topological polar surface area (TPSA) is 75.3 Å². The van der Waals surface area contributed by atoms with Crippen LogP contribution in [0.15, 0.2) is 30.3 Å². The Labute approximate surface area is 89.1 Å². The van der Waals surface area contributed by atoms with Gasteiger partial charge in [-0.15, -0.1) is 0 Å². The van der Waals surface area contributed by atoms with Crippen molar-refractivity contribution < 1.29 is 9.90 Å². The van der Waals surface area contributed by atoms with Crippen LogP contribution in [0.1, 0.15) is 25.3 Å². The molecule has 1 aromatic rings. The fraction of sp³-hybridized carbons (Fsp3) is 0.364. The first-order valence-corrected chi connectivity index (χ1v) is 4.94. The van der Waals surface area contributed by atoms with Crippen molar-refractivity contribution in [1.82, 2.24) is 5.43 Å². The second kappa shape index (κ2) is 4.91. The number of nitrogens with one attached hydrogen (secondary N) is 1. The Morgan fingerprint density at radius 2 is 2.07 bits per heavy atom. The van der Waals surface area contributed by atoms with E-state index in [0.717, 1.165) is 0 Å². The largest absolute Gasteiger partial charge is 0.375 e. The van der Waals surface area contributed by atoms with E-state index in [9.17, 15) is 9.90 Å². The van der Waals surface area contributed by atoms with Crippen LogP contribution in [0.5, 0.6) is 0 Å². The molecule has 0 fully saturated rings. The van der Waals surface area contributed by atoms with Gasteiger partial charge in [0.15, 0.2) is 5.60 Å². The highest BCUT2D eigenvalue weighted by Gasteiger charge is 2.36. The van der Waals surface area contributed by atoms with Gasteiger partial charge < -0.3 is 5.11 Å². The fourth-order valence-corrected chi connectivity index (χ4v) is 1.58. The zero-order valence-electron chi connectivity index (χ0n) is 8.73. The maximum atomic E-state index is 11.5. The van der Waals surface area contributed by atoms with Crippen molar-refractivity contribution in [1.29, 1.82) is 0 Å². The highest BCUT2D eigenvalue weighted by atomic mass is 16.3. The molecule has 82 valence electrons. The molecule has 1 aromatic carbocycles. The molecule has 0 saturated carbocycles. The number of hydrazine groups is 1. The first kappa shape index (κ1) is 11.7. The second-order valence-corrected chi connectivity index (χ2v) is 3.45. The van der Waals surface area contributed by atoms with E-state index in [1.165, 1.54) is 0 Å². The smallest absolute Gasteiger partial charge is 0.270 e. The number of carbonyl (C=O) groups excluding carboxylic acids is 1. The van der Waals surface area contributed by atoms with Gasteiger partial charge in [0.1, 0.15) is 0 Å². The Balaban J connectivity index is 3.06. The maximum absolute atomic E-state index is 11.5. The lowest BCUT2D eigenvalue weighted by Gasteiger charge is -2.25. The predicted octanol–water partition coefficient (Wildman–Crippen LogP) is 0.664. The average Bonchev–Trinajstić information content (AvgIpc) is 2.29. The number of hydrogen-bond acceptors (Lipinski definition) is 3. The molecule has 0 saturated heterocycles. The first-order valence-electron chi connectivity index (χ1n) is 4.94. The van der Waals surface area contributed by atoms with Crippen LogP contribution < -0.4 is 11.3 Å². The molecule has 4 N–H and O–H groups in total. The van der Waals surface area contributed by atoms with Crippen LogP contribution in [0.25, 0.3) is 0 Å². The van der Waals surface area contributed by atoms with E-state index < -0.39 is 11.5 Å². The van der Waals surface area contributed by atoms with Crippen molar-refractivity contribution in [3.05, 3.63) is 35.9 Å². The number of rotatable bonds is 4. The maximum Gasteiger partial charge on any atom is 0.270 e. The number of hydrogen-bond donors (Lipinski definition) is 3. The van der Waals surface area contributed by atoms with E-state index >= 15 is 0 Å². The summed E-state index contributed by atoms with van der Waals surface area (Å²) in [5.74, 6) is 4.49. The van der Waals surface area contributed by atoms with Gasteiger partial charge in [0.2, 0.25) is 0 Å². The molecule has 0 aliphatic carbocycles. The van der Waals surface area contributed by atoms with Gasteiger partial charge in [-0.3, -0.25) is 10.2 Å². The summed E-state index contributed by atoms with van der Waals surface area (Å²) in [4.78, 5) is 11.5. The van der Waals surface area contributed by atoms with Gasteiger partial charge in [-0.25, -0.2) is 5.84 Å². The number of benzene rings is 1. The molecule has 0 bridgehead atoms. The third-order valence-corrected chi connectivity index (χ3v) is 2.37. The minimum Gasteiger partial charge on any atom is -0.375 e. The van der Waals surface area contributed by atoms with Gasteiger partial charge in [-0.1, -0.05) is 43.7 Å². The molecule has 0 aliphatic heterocycles. The summed E-state index contributed by atoms with van der Waals surface area (Å²) in [7, 11) is 0. The molecule has 0 unspecified atom stereocenters. The van der Waals surface area contributed by atoms with E-state index in [-0.39, 0.29) is 0 Å². The van der Waals surface area contributed by atoms with Gasteiger partial charge in [-0.2, -0.15) is 0 Å². The normalized spacial score (nSPS) is 14.3. The van der Waals surface area contributed by atoms with Crippen LogP contribution >= 0.6 is 0 Å². The van der Waals surface area contributed by atoms with Gasteiger partial charge in [0, 0.05) is 0 Å². The third-order valence-electron chi connectivity index (χ3n) is 2.37. The van der Waals surface area contributed by atoms with E-state index in [1.807, 2.05) is 18.4 Å². The number of aliphatic hydroxyl groups is 1. The van der Waals surface area contributed by atoms with Gasteiger partial charge in [0.05, 0.1) is 0 Å². The lowest BCUT2D eigenvalue weighted by molar-refractivity contribution is -0.141. The van der Waals surface area contributed by atoms with Crippen LogP contribution in [-0.4, -0.2) is 11.0 Å². The van der Waals surface area contributed by atoms with Gasteiger partial charge in [-0.05, 0) is 12.0 Å². The van der Waals surface area contributed by atoms with Crippen molar-refractivity contribution in [2.24, 2.45) is 5.84 Å². The van der Waals surface area contributed by atoms with Gasteiger partial charge in [0.25, 0.3) is 5.91 Å². The molecule has 1 rings (SSSR count). The summed E-state index contributed by atoms with van der Waals surface area (Å²) in [6.07, 6.45) is 1.04. The Hall–Kier alpha value is -1.39. The monoisotopic (exact) mass is 208 g/mol. The summed E-state index contributed by atoms with van der Waals surface area (Å²) in [6.45, 7) is 1.90. The van der Waals surface area contributed by atoms with Crippen LogP contribution in [0.3, 0.4) is 0 Å². The SMILES string of the molecule is CCC[C@@](O)(C(=O)NN)c1ccccc1. The minimum atomic E-state index is -1.52. The van der Waals surface area contributed by atoms with Crippen molar-refractivity contribution in [2.75, 3.05) is 0 Å². The molecule has 0 radical (unpaired) electrons. The molecule has 0 spiro atoms. The molecule has 1 amide bonds. The minimum absolute atomic E-state index is 0.347. The van der Waals surface area contributed by atoms with E-state index in [0.29, 0.717) is 18.4 Å².